The first-order chi connectivity index (χ1) is 19.3. The van der Waals surface area contributed by atoms with Gasteiger partial charge in [-0.1, -0.05) is 12.5 Å². The first kappa shape index (κ1) is 26.1. The summed E-state index contributed by atoms with van der Waals surface area (Å²) in [6.45, 7) is 9.31. The highest BCUT2D eigenvalue weighted by atomic mass is 19.1. The molecule has 0 saturated carbocycles. The molecule has 0 aliphatic carbocycles. The van der Waals surface area contributed by atoms with Crippen LogP contribution in [0.3, 0.4) is 0 Å². The Balaban J connectivity index is 1.34. The zero-order chi connectivity index (χ0) is 28.1. The van der Waals surface area contributed by atoms with Gasteiger partial charge >= 0.3 is 0 Å². The lowest BCUT2D eigenvalue weighted by molar-refractivity contribution is -0.130. The lowest BCUT2D eigenvalue weighted by Crippen LogP contribution is -2.60. The van der Waals surface area contributed by atoms with Gasteiger partial charge in [0, 0.05) is 48.8 Å². The topological polar surface area (TPSA) is 98.7 Å². The summed E-state index contributed by atoms with van der Waals surface area (Å²) in [6.07, 6.45) is 2.09. The van der Waals surface area contributed by atoms with Crippen LogP contribution in [0.4, 0.5) is 14.6 Å². The summed E-state index contributed by atoms with van der Waals surface area (Å²) in [4.78, 5) is 24.2. The van der Waals surface area contributed by atoms with Crippen LogP contribution in [0.15, 0.2) is 31.1 Å². The molecule has 40 heavy (non-hydrogen) atoms. The van der Waals surface area contributed by atoms with E-state index in [9.17, 15) is 13.6 Å². The SMILES string of the molecule is C=CC(=O)N1CC[C@H](N2CC(C#Cc3c(-c4ccc(F)c5c4OCO5)c4c(N)ncnc4n3C(C)C)C2)[C@H](F)C1. The number of carbonyl (C=O) groups is 1. The molecule has 3 aromatic rings. The molecule has 0 radical (unpaired) electrons. The number of amides is 1. The van der Waals surface area contributed by atoms with Crippen LogP contribution in [0.1, 0.15) is 32.0 Å². The van der Waals surface area contributed by atoms with E-state index in [-0.39, 0.29) is 48.8 Å². The molecule has 2 aromatic heterocycles. The van der Waals surface area contributed by atoms with E-state index in [2.05, 4.69) is 33.3 Å². The Morgan fingerprint density at radius 2 is 2.00 bits per heavy atom. The number of ether oxygens (including phenoxy) is 2. The summed E-state index contributed by atoms with van der Waals surface area (Å²) < 4.78 is 42.5. The first-order valence-corrected chi connectivity index (χ1v) is 13.3. The molecule has 2 saturated heterocycles. The minimum Gasteiger partial charge on any atom is -0.453 e. The third-order valence-corrected chi connectivity index (χ3v) is 7.84. The average molecular weight is 549 g/mol. The molecule has 0 unspecified atom stereocenters. The van der Waals surface area contributed by atoms with Crippen LogP contribution in [0.25, 0.3) is 22.2 Å². The van der Waals surface area contributed by atoms with Crippen molar-refractivity contribution in [1.29, 1.82) is 0 Å². The van der Waals surface area contributed by atoms with Crippen molar-refractivity contribution in [3.63, 3.8) is 0 Å². The Hall–Kier alpha value is -4.17. The second-order valence-electron chi connectivity index (χ2n) is 10.6. The highest BCUT2D eigenvalue weighted by Crippen LogP contribution is 2.48. The highest BCUT2D eigenvalue weighted by Gasteiger charge is 2.40. The van der Waals surface area contributed by atoms with Gasteiger partial charge in [-0.3, -0.25) is 9.69 Å². The molecule has 208 valence electrons. The molecule has 5 heterocycles. The maximum atomic E-state index is 14.9. The molecule has 6 rings (SSSR count). The fourth-order valence-corrected chi connectivity index (χ4v) is 5.88. The molecular formula is C29H30F2N6O3. The molecule has 9 nitrogen and oxygen atoms in total. The number of anilines is 1. The number of nitrogens with zero attached hydrogens (tertiary/aromatic N) is 5. The van der Waals surface area contributed by atoms with Gasteiger partial charge in [-0.2, -0.15) is 0 Å². The van der Waals surface area contributed by atoms with Gasteiger partial charge < -0.3 is 24.7 Å². The lowest BCUT2D eigenvalue weighted by atomic mass is 9.92. The van der Waals surface area contributed by atoms with Gasteiger partial charge in [0.2, 0.25) is 18.4 Å². The van der Waals surface area contributed by atoms with E-state index in [1.54, 1.807) is 6.07 Å². The summed E-state index contributed by atoms with van der Waals surface area (Å²) in [6, 6.07) is 2.72. The zero-order valence-corrected chi connectivity index (χ0v) is 22.4. The molecule has 1 amide bonds. The molecule has 0 spiro atoms. The summed E-state index contributed by atoms with van der Waals surface area (Å²) in [7, 11) is 0. The van der Waals surface area contributed by atoms with Gasteiger partial charge in [-0.25, -0.2) is 18.7 Å². The highest BCUT2D eigenvalue weighted by molar-refractivity contribution is 6.05. The summed E-state index contributed by atoms with van der Waals surface area (Å²) in [5, 5.41) is 0.612. The van der Waals surface area contributed by atoms with Crippen LogP contribution in [-0.4, -0.2) is 75.4 Å². The number of nitrogens with two attached hydrogens (primary N) is 1. The average Bonchev–Trinajstić information content (AvgIpc) is 3.53. The molecule has 3 aliphatic rings. The fraction of sp³-hybridized carbons (Fsp3) is 0.414. The molecule has 2 N–H and O–H groups in total. The number of benzene rings is 1. The van der Waals surface area contributed by atoms with Crippen molar-refractivity contribution in [2.45, 2.75) is 38.5 Å². The predicted octanol–water partition coefficient (Wildman–Crippen LogP) is 3.54. The van der Waals surface area contributed by atoms with E-state index in [1.165, 1.54) is 23.4 Å². The maximum Gasteiger partial charge on any atom is 0.246 e. The zero-order valence-electron chi connectivity index (χ0n) is 22.4. The quantitative estimate of drug-likeness (QED) is 0.393. The molecular weight excluding hydrogens is 518 g/mol. The third kappa shape index (κ3) is 4.23. The molecule has 11 heteroatoms. The monoisotopic (exact) mass is 548 g/mol. The van der Waals surface area contributed by atoms with Crippen molar-refractivity contribution in [3.8, 4) is 34.5 Å². The first-order valence-electron chi connectivity index (χ1n) is 13.3. The van der Waals surface area contributed by atoms with Crippen LogP contribution in [-0.2, 0) is 4.79 Å². The van der Waals surface area contributed by atoms with E-state index in [4.69, 9.17) is 15.2 Å². The minimum absolute atomic E-state index is 0.0193. The largest absolute Gasteiger partial charge is 0.453 e. The van der Waals surface area contributed by atoms with Crippen LogP contribution in [0.2, 0.25) is 0 Å². The van der Waals surface area contributed by atoms with E-state index >= 15 is 0 Å². The number of likely N-dealkylation sites (tertiary alicyclic amines) is 2. The Kier molecular flexibility index (Phi) is 6.58. The number of piperidine rings is 1. The number of nitrogen functional groups attached to an aromatic ring is 1. The van der Waals surface area contributed by atoms with Gasteiger partial charge in [0.25, 0.3) is 0 Å². The molecule has 2 fully saturated rings. The van der Waals surface area contributed by atoms with E-state index in [0.29, 0.717) is 59.7 Å². The normalized spacial score (nSPS) is 20.9. The molecule has 2 atom stereocenters. The van der Waals surface area contributed by atoms with Gasteiger partial charge in [0.05, 0.1) is 11.9 Å². The number of hydrogen-bond acceptors (Lipinski definition) is 7. The number of alkyl halides is 1. The number of halogens is 2. The number of carbonyl (C=O) groups excluding carboxylic acids is 1. The van der Waals surface area contributed by atoms with E-state index in [0.717, 1.165) is 0 Å². The van der Waals surface area contributed by atoms with Crippen LogP contribution < -0.4 is 15.2 Å². The van der Waals surface area contributed by atoms with E-state index < -0.39 is 12.0 Å². The summed E-state index contributed by atoms with van der Waals surface area (Å²) in [5.41, 5.74) is 8.91. The fourth-order valence-electron chi connectivity index (χ4n) is 5.88. The number of rotatable bonds is 4. The Labute approximate surface area is 230 Å². The standard InChI is InChI=1S/C29H30F2N6O3/c1-4-23(38)35-10-9-21(20(31)13-35)36-11-17(12-36)5-8-22-24(18-6-7-19(30)27-26(18)39-15-40-27)25-28(32)33-14-34-29(25)37(22)16(2)3/h4,6-7,14,16-17,20-21H,1,9-13,15H2,2-3H3,(H2,32,33,34)/t20-,21+/m1/s1. The van der Waals surface area contributed by atoms with Crippen molar-refractivity contribution >= 4 is 22.8 Å². The van der Waals surface area contributed by atoms with Crippen molar-refractivity contribution in [2.24, 2.45) is 5.92 Å². The number of hydrogen-bond donors (Lipinski definition) is 1. The lowest BCUT2D eigenvalue weighted by Gasteiger charge is -2.46. The molecule has 0 bridgehead atoms. The van der Waals surface area contributed by atoms with Crippen molar-refractivity contribution in [3.05, 3.63) is 42.6 Å². The van der Waals surface area contributed by atoms with Crippen molar-refractivity contribution in [1.82, 2.24) is 24.3 Å². The maximum absolute atomic E-state index is 14.9. The van der Waals surface area contributed by atoms with Gasteiger partial charge in [0.1, 0.15) is 29.7 Å². The predicted molar refractivity (Wildman–Crippen MR) is 146 cm³/mol. The molecule has 3 aliphatic heterocycles. The molecule has 1 aromatic carbocycles. The summed E-state index contributed by atoms with van der Waals surface area (Å²) >= 11 is 0. The number of fused-ring (bicyclic) bond motifs is 2. The van der Waals surface area contributed by atoms with Crippen LogP contribution >= 0.6 is 0 Å². The van der Waals surface area contributed by atoms with Crippen LogP contribution in [0, 0.1) is 23.6 Å². The number of aromatic nitrogens is 3. The van der Waals surface area contributed by atoms with Gasteiger partial charge in [0.15, 0.2) is 11.6 Å². The minimum atomic E-state index is -1.12. The van der Waals surface area contributed by atoms with Gasteiger partial charge in [-0.15, -0.1) is 0 Å². The van der Waals surface area contributed by atoms with Crippen molar-refractivity contribution in [2.75, 3.05) is 38.7 Å². The van der Waals surface area contributed by atoms with Crippen molar-refractivity contribution < 1.29 is 23.0 Å². The summed E-state index contributed by atoms with van der Waals surface area (Å²) in [5.74, 6) is 6.65. The van der Waals surface area contributed by atoms with E-state index in [1.807, 2.05) is 18.4 Å². The Bertz CT molecular complexity index is 1570. The third-order valence-electron chi connectivity index (χ3n) is 7.84. The second kappa shape index (κ2) is 10.1. The second-order valence-corrected chi connectivity index (χ2v) is 10.6. The Morgan fingerprint density at radius 1 is 1.23 bits per heavy atom. The smallest absolute Gasteiger partial charge is 0.246 e. The van der Waals surface area contributed by atoms with Gasteiger partial charge in [-0.05, 0) is 44.4 Å². The Morgan fingerprint density at radius 3 is 2.73 bits per heavy atom. The van der Waals surface area contributed by atoms with Crippen LogP contribution in [0.5, 0.6) is 11.5 Å².